The van der Waals surface area contributed by atoms with Gasteiger partial charge in [0.05, 0.1) is 21.2 Å². The van der Waals surface area contributed by atoms with E-state index in [1.54, 1.807) is 12.1 Å². The monoisotopic (exact) mass is 296 g/mol. The molecule has 3 aromatic rings. The summed E-state index contributed by atoms with van der Waals surface area (Å²) in [6.07, 6.45) is 3.88. The lowest BCUT2D eigenvalue weighted by Gasteiger charge is -2.10. The van der Waals surface area contributed by atoms with Gasteiger partial charge in [-0.1, -0.05) is 34.8 Å². The maximum atomic E-state index is 6.17. The van der Waals surface area contributed by atoms with Gasteiger partial charge in [0, 0.05) is 23.8 Å². The molecule has 18 heavy (non-hydrogen) atoms. The molecule has 5 heteroatoms. The first kappa shape index (κ1) is 11.8. The summed E-state index contributed by atoms with van der Waals surface area (Å²) in [4.78, 5) is 4.24. The Morgan fingerprint density at radius 1 is 1.00 bits per heavy atom. The van der Waals surface area contributed by atoms with Crippen LogP contribution in [0.2, 0.25) is 15.2 Å². The van der Waals surface area contributed by atoms with Crippen molar-refractivity contribution in [1.82, 2.24) is 9.55 Å². The largest absolute Gasteiger partial charge is 0.323 e. The van der Waals surface area contributed by atoms with Gasteiger partial charge in [0.25, 0.3) is 0 Å². The molecule has 2 nitrogen and oxygen atoms in total. The molecule has 0 radical (unpaired) electrons. The number of hydrogen-bond acceptors (Lipinski definition) is 1. The van der Waals surface area contributed by atoms with E-state index >= 15 is 0 Å². The summed E-state index contributed by atoms with van der Waals surface area (Å²) in [5.41, 5.74) is 1.54. The second kappa shape index (κ2) is 4.47. The minimum Gasteiger partial charge on any atom is -0.323 e. The van der Waals surface area contributed by atoms with Crippen molar-refractivity contribution in [3.05, 3.63) is 57.9 Å². The lowest BCUT2D eigenvalue weighted by atomic mass is 10.2. The molecule has 0 bridgehead atoms. The Balaban J connectivity index is 2.43. The third kappa shape index (κ3) is 1.87. The maximum absolute atomic E-state index is 6.17. The van der Waals surface area contributed by atoms with Crippen LogP contribution in [0.5, 0.6) is 0 Å². The lowest BCUT2D eigenvalue weighted by molar-refractivity contribution is 1.09. The second-order valence-electron chi connectivity index (χ2n) is 3.81. The van der Waals surface area contributed by atoms with Crippen molar-refractivity contribution in [2.45, 2.75) is 0 Å². The molecular formula is C13H7Cl3N2. The van der Waals surface area contributed by atoms with E-state index in [0.717, 1.165) is 11.1 Å². The SMILES string of the molecule is Clc1cc(-n2cccc2)c2ccc(Cl)c(Cl)c2n1. The predicted octanol–water partition coefficient (Wildman–Crippen LogP) is 4.99. The molecule has 0 saturated heterocycles. The van der Waals surface area contributed by atoms with Crippen LogP contribution in [0, 0.1) is 0 Å². The number of fused-ring (bicyclic) bond motifs is 1. The fourth-order valence-electron chi connectivity index (χ4n) is 1.89. The molecule has 2 aromatic heterocycles. The van der Waals surface area contributed by atoms with Crippen LogP contribution in [-0.4, -0.2) is 9.55 Å². The molecule has 0 spiro atoms. The summed E-state index contributed by atoms with van der Waals surface area (Å²) < 4.78 is 1.96. The van der Waals surface area contributed by atoms with E-state index in [4.69, 9.17) is 34.8 Å². The van der Waals surface area contributed by atoms with Crippen LogP contribution in [0.3, 0.4) is 0 Å². The molecule has 0 N–H and O–H groups in total. The second-order valence-corrected chi connectivity index (χ2v) is 4.98. The third-order valence-electron chi connectivity index (χ3n) is 2.70. The average molecular weight is 298 g/mol. The molecule has 0 aliphatic heterocycles. The van der Waals surface area contributed by atoms with Gasteiger partial charge in [-0.25, -0.2) is 4.98 Å². The quantitative estimate of drug-likeness (QED) is 0.579. The van der Waals surface area contributed by atoms with E-state index in [1.807, 2.05) is 35.2 Å². The zero-order valence-corrected chi connectivity index (χ0v) is 11.3. The molecule has 1 aromatic carbocycles. The Kier molecular flexibility index (Phi) is 2.94. The van der Waals surface area contributed by atoms with Crippen LogP contribution < -0.4 is 0 Å². The first-order chi connectivity index (χ1) is 8.66. The van der Waals surface area contributed by atoms with E-state index in [2.05, 4.69) is 4.98 Å². The van der Waals surface area contributed by atoms with Gasteiger partial charge in [0.15, 0.2) is 0 Å². The molecular weight excluding hydrogens is 291 g/mol. The standard InChI is InChI=1S/C13H7Cl3N2/c14-9-4-3-8-10(18-5-1-2-6-18)7-11(15)17-13(8)12(9)16/h1-7H. The van der Waals surface area contributed by atoms with Gasteiger partial charge >= 0.3 is 0 Å². The fourth-order valence-corrected chi connectivity index (χ4v) is 2.44. The zero-order chi connectivity index (χ0) is 12.7. The smallest absolute Gasteiger partial charge is 0.131 e. The summed E-state index contributed by atoms with van der Waals surface area (Å²) in [6, 6.07) is 9.33. The number of nitrogens with zero attached hydrogens (tertiary/aromatic N) is 2. The molecule has 3 rings (SSSR count). The molecule has 0 aliphatic carbocycles. The van der Waals surface area contributed by atoms with Gasteiger partial charge in [-0.3, -0.25) is 0 Å². The molecule has 0 saturated carbocycles. The number of rotatable bonds is 1. The lowest BCUT2D eigenvalue weighted by Crippen LogP contribution is -1.94. The summed E-state index contributed by atoms with van der Waals surface area (Å²) in [5, 5.41) is 2.18. The van der Waals surface area contributed by atoms with Crippen molar-refractivity contribution in [3.8, 4) is 5.69 Å². The van der Waals surface area contributed by atoms with Crippen LogP contribution in [0.1, 0.15) is 0 Å². The fraction of sp³-hybridized carbons (Fsp3) is 0. The number of hydrogen-bond donors (Lipinski definition) is 0. The van der Waals surface area contributed by atoms with E-state index in [0.29, 0.717) is 20.7 Å². The molecule has 0 aliphatic rings. The first-order valence-corrected chi connectivity index (χ1v) is 6.38. The van der Waals surface area contributed by atoms with Crippen molar-refractivity contribution < 1.29 is 0 Å². The molecule has 0 atom stereocenters. The van der Waals surface area contributed by atoms with Gasteiger partial charge in [0.2, 0.25) is 0 Å². The van der Waals surface area contributed by atoms with Crippen molar-refractivity contribution in [2.75, 3.05) is 0 Å². The number of pyridine rings is 1. The molecule has 2 heterocycles. The highest BCUT2D eigenvalue weighted by atomic mass is 35.5. The molecule has 0 unspecified atom stereocenters. The van der Waals surface area contributed by atoms with Crippen molar-refractivity contribution >= 4 is 45.7 Å². The Morgan fingerprint density at radius 2 is 1.72 bits per heavy atom. The van der Waals surface area contributed by atoms with Gasteiger partial charge in [0.1, 0.15) is 5.15 Å². The van der Waals surface area contributed by atoms with Gasteiger partial charge < -0.3 is 4.57 Å². The third-order valence-corrected chi connectivity index (χ3v) is 3.69. The minimum atomic E-state index is 0.385. The highest BCUT2D eigenvalue weighted by Crippen LogP contribution is 2.33. The predicted molar refractivity (Wildman–Crippen MR) is 76.1 cm³/mol. The molecule has 0 fully saturated rings. The normalized spacial score (nSPS) is 11.1. The molecule has 90 valence electrons. The van der Waals surface area contributed by atoms with Crippen LogP contribution in [0.4, 0.5) is 0 Å². The molecule has 0 amide bonds. The van der Waals surface area contributed by atoms with Crippen molar-refractivity contribution in [1.29, 1.82) is 0 Å². The van der Waals surface area contributed by atoms with Crippen LogP contribution in [0.25, 0.3) is 16.6 Å². The number of aromatic nitrogens is 2. The Labute approximate surface area is 119 Å². The van der Waals surface area contributed by atoms with Crippen LogP contribution >= 0.6 is 34.8 Å². The Hall–Kier alpha value is -1.22. The zero-order valence-electron chi connectivity index (χ0n) is 9.07. The summed E-state index contributed by atoms with van der Waals surface area (Å²) in [7, 11) is 0. The highest BCUT2D eigenvalue weighted by molar-refractivity contribution is 6.45. The number of benzene rings is 1. The number of halogens is 3. The van der Waals surface area contributed by atoms with E-state index < -0.39 is 0 Å². The summed E-state index contributed by atoms with van der Waals surface area (Å²) in [6.45, 7) is 0. The Bertz CT molecular complexity index is 721. The average Bonchev–Trinajstić information content (AvgIpc) is 2.87. The van der Waals surface area contributed by atoms with E-state index in [-0.39, 0.29) is 0 Å². The van der Waals surface area contributed by atoms with Gasteiger partial charge in [-0.2, -0.15) is 0 Å². The first-order valence-electron chi connectivity index (χ1n) is 5.24. The minimum absolute atomic E-state index is 0.385. The van der Waals surface area contributed by atoms with E-state index in [9.17, 15) is 0 Å². The summed E-state index contributed by atoms with van der Waals surface area (Å²) in [5.74, 6) is 0. The topological polar surface area (TPSA) is 17.8 Å². The van der Waals surface area contributed by atoms with Crippen LogP contribution in [0.15, 0.2) is 42.7 Å². The Morgan fingerprint density at radius 3 is 2.44 bits per heavy atom. The maximum Gasteiger partial charge on any atom is 0.131 e. The van der Waals surface area contributed by atoms with E-state index in [1.165, 1.54) is 0 Å². The van der Waals surface area contributed by atoms with Crippen molar-refractivity contribution in [2.24, 2.45) is 0 Å². The highest BCUT2D eigenvalue weighted by Gasteiger charge is 2.11. The van der Waals surface area contributed by atoms with Gasteiger partial charge in [-0.05, 0) is 24.3 Å². The summed E-state index contributed by atoms with van der Waals surface area (Å²) >= 11 is 18.2. The van der Waals surface area contributed by atoms with Crippen LogP contribution in [-0.2, 0) is 0 Å². The van der Waals surface area contributed by atoms with Crippen molar-refractivity contribution in [3.63, 3.8) is 0 Å². The van der Waals surface area contributed by atoms with Gasteiger partial charge in [-0.15, -0.1) is 0 Å².